The number of likely N-dealkylation sites (tertiary alicyclic amines) is 1. The lowest BCUT2D eigenvalue weighted by molar-refractivity contribution is 0.139. The van der Waals surface area contributed by atoms with E-state index >= 15 is 0 Å². The third-order valence-corrected chi connectivity index (χ3v) is 5.00. The molecule has 16 heavy (non-hydrogen) atoms. The number of fused-ring (bicyclic) bond motifs is 1. The summed E-state index contributed by atoms with van der Waals surface area (Å²) in [5, 5.41) is 10.4. The summed E-state index contributed by atoms with van der Waals surface area (Å²) in [6.07, 6.45) is -0.0988. The van der Waals surface area contributed by atoms with Crippen molar-refractivity contribution in [3.8, 4) is 0 Å². The Morgan fingerprint density at radius 3 is 3.06 bits per heavy atom. The summed E-state index contributed by atoms with van der Waals surface area (Å²) < 4.78 is 5.58. The van der Waals surface area contributed by atoms with Crippen LogP contribution in [-0.4, -0.2) is 40.2 Å². The van der Waals surface area contributed by atoms with Gasteiger partial charge in [0.25, 0.3) is 0 Å². The molecule has 2 saturated heterocycles. The van der Waals surface area contributed by atoms with Crippen molar-refractivity contribution in [2.24, 2.45) is 5.92 Å². The molecule has 0 spiro atoms. The fraction of sp³-hybridized carbons (Fsp3) is 0.667. The molecule has 2 aliphatic heterocycles. The second-order valence-electron chi connectivity index (χ2n) is 4.81. The van der Waals surface area contributed by atoms with Crippen molar-refractivity contribution in [1.29, 1.82) is 0 Å². The van der Waals surface area contributed by atoms with Crippen LogP contribution in [0.1, 0.15) is 11.5 Å². The Bertz CT molecular complexity index is 379. The predicted molar refractivity (Wildman–Crippen MR) is 64.5 cm³/mol. The third kappa shape index (κ3) is 1.90. The predicted octanol–water partition coefficient (Wildman–Crippen LogP) is 1.50. The molecule has 0 bridgehead atoms. The van der Waals surface area contributed by atoms with Crippen molar-refractivity contribution in [1.82, 2.24) is 4.90 Å². The van der Waals surface area contributed by atoms with Crippen molar-refractivity contribution in [2.45, 2.75) is 24.8 Å². The second kappa shape index (κ2) is 4.09. The molecule has 4 heteroatoms. The molecule has 3 unspecified atom stereocenters. The van der Waals surface area contributed by atoms with Gasteiger partial charge >= 0.3 is 0 Å². The normalized spacial score (nSPS) is 34.5. The monoisotopic (exact) mass is 239 g/mol. The summed E-state index contributed by atoms with van der Waals surface area (Å²) in [4.78, 5) is 2.39. The van der Waals surface area contributed by atoms with Crippen molar-refractivity contribution >= 4 is 11.8 Å². The summed E-state index contributed by atoms with van der Waals surface area (Å²) in [5.74, 6) is 3.41. The van der Waals surface area contributed by atoms with Gasteiger partial charge in [0.05, 0.1) is 12.6 Å². The van der Waals surface area contributed by atoms with Crippen LogP contribution in [0.15, 0.2) is 16.5 Å². The average Bonchev–Trinajstić information content (AvgIpc) is 2.88. The molecule has 0 aromatic carbocycles. The summed E-state index contributed by atoms with van der Waals surface area (Å²) in [7, 11) is 0. The summed E-state index contributed by atoms with van der Waals surface area (Å²) in [5.41, 5.74) is 0. The van der Waals surface area contributed by atoms with Gasteiger partial charge in [-0.3, -0.25) is 4.90 Å². The van der Waals surface area contributed by atoms with Gasteiger partial charge in [0, 0.05) is 30.0 Å². The van der Waals surface area contributed by atoms with Crippen molar-refractivity contribution in [3.05, 3.63) is 23.7 Å². The van der Waals surface area contributed by atoms with E-state index in [2.05, 4.69) is 4.90 Å². The highest BCUT2D eigenvalue weighted by Crippen LogP contribution is 2.38. The van der Waals surface area contributed by atoms with Gasteiger partial charge in [0.15, 0.2) is 0 Å². The van der Waals surface area contributed by atoms with Crippen molar-refractivity contribution in [2.75, 3.05) is 18.8 Å². The first-order valence-electron chi connectivity index (χ1n) is 5.80. The first kappa shape index (κ1) is 10.7. The first-order valence-corrected chi connectivity index (χ1v) is 6.84. The zero-order chi connectivity index (χ0) is 11.1. The Labute approximate surface area is 99.8 Å². The van der Waals surface area contributed by atoms with E-state index in [1.165, 1.54) is 0 Å². The molecule has 2 aliphatic rings. The number of thioether (sulfide) groups is 1. The van der Waals surface area contributed by atoms with Crippen LogP contribution in [0, 0.1) is 12.8 Å². The molecular formula is C12H17NO2S. The van der Waals surface area contributed by atoms with Crippen molar-refractivity contribution < 1.29 is 9.52 Å². The van der Waals surface area contributed by atoms with E-state index in [0.29, 0.717) is 11.2 Å². The number of aliphatic hydroxyl groups excluding tert-OH is 1. The summed E-state index contributed by atoms with van der Waals surface area (Å²) in [6.45, 7) is 4.96. The molecule has 3 heterocycles. The minimum absolute atomic E-state index is 0.0988. The van der Waals surface area contributed by atoms with Crippen LogP contribution in [0.2, 0.25) is 0 Å². The number of nitrogens with zero attached hydrogens (tertiary/aromatic N) is 1. The van der Waals surface area contributed by atoms with Gasteiger partial charge in [-0.15, -0.1) is 0 Å². The maximum atomic E-state index is 9.82. The van der Waals surface area contributed by atoms with Crippen molar-refractivity contribution in [3.63, 3.8) is 0 Å². The number of aryl methyl sites for hydroxylation is 1. The standard InChI is InChI=1S/C12H17NO2S/c1-8-2-3-9(15-8)4-13-5-10-11(14)7-16-12(10)6-13/h2-3,10-12,14H,4-7H2,1H3. The van der Waals surface area contributed by atoms with Gasteiger partial charge in [-0.25, -0.2) is 0 Å². The Kier molecular flexibility index (Phi) is 2.73. The molecule has 1 aromatic rings. The number of hydrogen-bond donors (Lipinski definition) is 1. The Hall–Kier alpha value is -0.450. The van der Waals surface area contributed by atoms with Crippen LogP contribution in [0.3, 0.4) is 0 Å². The van der Waals surface area contributed by atoms with Crippen LogP contribution < -0.4 is 0 Å². The minimum Gasteiger partial charge on any atom is -0.465 e. The molecule has 3 rings (SSSR count). The molecule has 3 nitrogen and oxygen atoms in total. The lowest BCUT2D eigenvalue weighted by atomic mass is 10.0. The maximum Gasteiger partial charge on any atom is 0.118 e. The van der Waals surface area contributed by atoms with E-state index in [9.17, 15) is 5.11 Å². The van der Waals surface area contributed by atoms with Crippen LogP contribution >= 0.6 is 11.8 Å². The van der Waals surface area contributed by atoms with Crippen LogP contribution in [0.5, 0.6) is 0 Å². The highest BCUT2D eigenvalue weighted by atomic mass is 32.2. The first-order chi connectivity index (χ1) is 7.72. The Balaban J connectivity index is 1.62. The lowest BCUT2D eigenvalue weighted by Crippen LogP contribution is -2.25. The average molecular weight is 239 g/mol. The fourth-order valence-corrected chi connectivity index (χ4v) is 4.21. The van der Waals surface area contributed by atoms with E-state index in [4.69, 9.17) is 4.42 Å². The maximum absolute atomic E-state index is 9.82. The molecule has 0 aliphatic carbocycles. The number of furan rings is 1. The number of aliphatic hydroxyl groups is 1. The van der Waals surface area contributed by atoms with E-state index in [-0.39, 0.29) is 6.10 Å². The van der Waals surface area contributed by atoms with Gasteiger partial charge in [-0.05, 0) is 19.1 Å². The highest BCUT2D eigenvalue weighted by molar-refractivity contribution is 8.00. The lowest BCUT2D eigenvalue weighted by Gasteiger charge is -2.16. The molecule has 2 fully saturated rings. The molecule has 0 amide bonds. The SMILES string of the molecule is Cc1ccc(CN2CC3SCC(O)C3C2)o1. The minimum atomic E-state index is -0.0988. The topological polar surface area (TPSA) is 36.6 Å². The fourth-order valence-electron chi connectivity index (χ4n) is 2.69. The second-order valence-corrected chi connectivity index (χ2v) is 6.08. The summed E-state index contributed by atoms with van der Waals surface area (Å²) in [6, 6.07) is 4.06. The zero-order valence-corrected chi connectivity index (χ0v) is 10.2. The zero-order valence-electron chi connectivity index (χ0n) is 9.43. The molecular weight excluding hydrogens is 222 g/mol. The molecule has 1 N–H and O–H groups in total. The van der Waals surface area contributed by atoms with Gasteiger partial charge in [0.2, 0.25) is 0 Å². The van der Waals surface area contributed by atoms with Gasteiger partial charge in [0.1, 0.15) is 11.5 Å². The van der Waals surface area contributed by atoms with Crippen LogP contribution in [0.4, 0.5) is 0 Å². The Morgan fingerprint density at radius 2 is 2.38 bits per heavy atom. The molecule has 0 saturated carbocycles. The van der Waals surface area contributed by atoms with Crippen LogP contribution in [0.25, 0.3) is 0 Å². The highest BCUT2D eigenvalue weighted by Gasteiger charge is 2.42. The van der Waals surface area contributed by atoms with Crippen LogP contribution in [-0.2, 0) is 6.54 Å². The third-order valence-electron chi connectivity index (χ3n) is 3.54. The molecule has 88 valence electrons. The smallest absolute Gasteiger partial charge is 0.118 e. The molecule has 1 aromatic heterocycles. The number of rotatable bonds is 2. The van der Waals surface area contributed by atoms with E-state index < -0.39 is 0 Å². The van der Waals surface area contributed by atoms with Gasteiger partial charge in [-0.1, -0.05) is 0 Å². The van der Waals surface area contributed by atoms with Gasteiger partial charge in [-0.2, -0.15) is 11.8 Å². The van der Waals surface area contributed by atoms with E-state index in [0.717, 1.165) is 36.9 Å². The number of hydrogen-bond acceptors (Lipinski definition) is 4. The van der Waals surface area contributed by atoms with E-state index in [1.807, 2.05) is 30.8 Å². The van der Waals surface area contributed by atoms with E-state index in [1.54, 1.807) is 0 Å². The molecule has 0 radical (unpaired) electrons. The largest absolute Gasteiger partial charge is 0.465 e. The quantitative estimate of drug-likeness (QED) is 0.848. The summed E-state index contributed by atoms with van der Waals surface area (Å²) >= 11 is 1.92. The molecule has 3 atom stereocenters. The van der Waals surface area contributed by atoms with Gasteiger partial charge < -0.3 is 9.52 Å². The Morgan fingerprint density at radius 1 is 1.50 bits per heavy atom.